The molecule has 0 radical (unpaired) electrons. The fourth-order valence-electron chi connectivity index (χ4n) is 3.28. The van der Waals surface area contributed by atoms with Crippen LogP contribution in [0.2, 0.25) is 0 Å². The smallest absolute Gasteiger partial charge is 0.344 e. The van der Waals surface area contributed by atoms with Gasteiger partial charge in [-0.25, -0.2) is 4.79 Å². The lowest BCUT2D eigenvalue weighted by atomic mass is 9.95. The number of anilines is 1. The molecule has 4 rings (SSSR count). The maximum Gasteiger partial charge on any atom is 0.344 e. The first-order valence-corrected chi connectivity index (χ1v) is 9.20. The van der Waals surface area contributed by atoms with Gasteiger partial charge >= 0.3 is 5.63 Å². The minimum atomic E-state index is -0.334. The summed E-state index contributed by atoms with van der Waals surface area (Å²) in [7, 11) is 3.99. The molecule has 4 aromatic rings. The van der Waals surface area contributed by atoms with Crippen molar-refractivity contribution in [3.8, 4) is 33.6 Å². The number of nitrogens with zero attached hydrogens (tertiary/aromatic N) is 1. The van der Waals surface area contributed by atoms with E-state index in [2.05, 4.69) is 0 Å². The van der Waals surface area contributed by atoms with E-state index >= 15 is 0 Å². The highest BCUT2D eigenvalue weighted by atomic mass is 16.4. The topological polar surface area (TPSA) is 33.5 Å². The molecular formula is C25H21NO2. The van der Waals surface area contributed by atoms with Crippen LogP contribution in [0.25, 0.3) is 33.6 Å². The lowest BCUT2D eigenvalue weighted by Gasteiger charge is -2.14. The molecule has 0 saturated carbocycles. The van der Waals surface area contributed by atoms with Crippen molar-refractivity contribution in [3.63, 3.8) is 0 Å². The maximum absolute atomic E-state index is 13.0. The van der Waals surface area contributed by atoms with Crippen molar-refractivity contribution >= 4 is 5.69 Å². The number of hydrogen-bond donors (Lipinski definition) is 0. The molecule has 3 nitrogen and oxygen atoms in total. The SMILES string of the molecule is CN(C)c1ccc(-c2cc(-c3ccccc3)c(-c3ccccc3)c(=O)o2)cc1. The second-order valence-electron chi connectivity index (χ2n) is 6.86. The van der Waals surface area contributed by atoms with Gasteiger partial charge in [-0.1, -0.05) is 60.7 Å². The third-order valence-electron chi connectivity index (χ3n) is 4.77. The van der Waals surface area contributed by atoms with Gasteiger partial charge in [-0.3, -0.25) is 0 Å². The van der Waals surface area contributed by atoms with Gasteiger partial charge < -0.3 is 9.32 Å². The zero-order chi connectivity index (χ0) is 19.5. The van der Waals surface area contributed by atoms with Gasteiger partial charge in [0.05, 0.1) is 5.56 Å². The highest BCUT2D eigenvalue weighted by molar-refractivity contribution is 5.84. The fourth-order valence-corrected chi connectivity index (χ4v) is 3.28. The first-order valence-electron chi connectivity index (χ1n) is 9.20. The first-order chi connectivity index (χ1) is 13.6. The molecule has 0 fully saturated rings. The van der Waals surface area contributed by atoms with E-state index < -0.39 is 0 Å². The van der Waals surface area contributed by atoms with Gasteiger partial charge in [0.15, 0.2) is 0 Å². The van der Waals surface area contributed by atoms with Crippen LogP contribution in [0.15, 0.2) is 100 Å². The maximum atomic E-state index is 13.0. The van der Waals surface area contributed by atoms with E-state index in [9.17, 15) is 4.79 Å². The van der Waals surface area contributed by atoms with Crippen molar-refractivity contribution in [1.29, 1.82) is 0 Å². The van der Waals surface area contributed by atoms with Gasteiger partial charge in [0, 0.05) is 30.9 Å². The zero-order valence-electron chi connectivity index (χ0n) is 15.9. The van der Waals surface area contributed by atoms with Gasteiger partial charge in [-0.05, 0) is 41.5 Å². The Balaban J connectivity index is 1.92. The molecule has 1 aromatic heterocycles. The predicted molar refractivity (Wildman–Crippen MR) is 116 cm³/mol. The van der Waals surface area contributed by atoms with Gasteiger partial charge in [0.2, 0.25) is 0 Å². The summed E-state index contributed by atoms with van der Waals surface area (Å²) in [6.45, 7) is 0. The third kappa shape index (κ3) is 3.47. The zero-order valence-corrected chi connectivity index (χ0v) is 15.9. The molecule has 0 aliphatic heterocycles. The van der Waals surface area contributed by atoms with Crippen molar-refractivity contribution in [2.75, 3.05) is 19.0 Å². The molecule has 3 heteroatoms. The van der Waals surface area contributed by atoms with Crippen LogP contribution < -0.4 is 10.5 Å². The molecule has 0 amide bonds. The molecule has 0 bridgehead atoms. The van der Waals surface area contributed by atoms with E-state index in [4.69, 9.17) is 4.42 Å². The van der Waals surface area contributed by atoms with Crippen molar-refractivity contribution in [1.82, 2.24) is 0 Å². The van der Waals surface area contributed by atoms with Gasteiger partial charge in [0.1, 0.15) is 5.76 Å². The molecule has 28 heavy (non-hydrogen) atoms. The van der Waals surface area contributed by atoms with Crippen molar-refractivity contribution in [3.05, 3.63) is 101 Å². The average molecular weight is 367 g/mol. The highest BCUT2D eigenvalue weighted by Gasteiger charge is 2.16. The van der Waals surface area contributed by atoms with Crippen LogP contribution in [0.4, 0.5) is 5.69 Å². The largest absolute Gasteiger partial charge is 0.422 e. The Morgan fingerprint density at radius 3 is 1.82 bits per heavy atom. The van der Waals surface area contributed by atoms with Gasteiger partial charge in [0.25, 0.3) is 0 Å². The van der Waals surface area contributed by atoms with Crippen LogP contribution >= 0.6 is 0 Å². The molecule has 0 unspecified atom stereocenters. The number of hydrogen-bond acceptors (Lipinski definition) is 3. The fraction of sp³-hybridized carbons (Fsp3) is 0.0800. The molecule has 0 spiro atoms. The summed E-state index contributed by atoms with van der Waals surface area (Å²) in [5.41, 5.74) is 4.93. The summed E-state index contributed by atoms with van der Waals surface area (Å²) >= 11 is 0. The number of benzene rings is 3. The summed E-state index contributed by atoms with van der Waals surface area (Å²) in [4.78, 5) is 15.0. The van der Waals surface area contributed by atoms with Crippen LogP contribution in [0.3, 0.4) is 0 Å². The van der Waals surface area contributed by atoms with E-state index in [0.29, 0.717) is 11.3 Å². The van der Waals surface area contributed by atoms with E-state index in [1.165, 1.54) is 0 Å². The van der Waals surface area contributed by atoms with Crippen LogP contribution in [-0.2, 0) is 0 Å². The standard InChI is InChI=1S/C25H21NO2/c1-26(2)21-15-13-19(14-16-21)23-17-22(18-9-5-3-6-10-18)24(25(27)28-23)20-11-7-4-8-12-20/h3-17H,1-2H3. The Labute approximate surface area is 164 Å². The summed E-state index contributed by atoms with van der Waals surface area (Å²) in [6.07, 6.45) is 0. The van der Waals surface area contributed by atoms with Crippen molar-refractivity contribution < 1.29 is 4.42 Å². The van der Waals surface area contributed by atoms with Crippen LogP contribution in [0.5, 0.6) is 0 Å². The molecule has 3 aromatic carbocycles. The second-order valence-corrected chi connectivity index (χ2v) is 6.86. The molecule has 1 heterocycles. The molecule has 0 N–H and O–H groups in total. The molecule has 0 saturated heterocycles. The Morgan fingerprint density at radius 2 is 1.25 bits per heavy atom. The lowest BCUT2D eigenvalue weighted by molar-refractivity contribution is 0.529. The Bertz CT molecular complexity index is 1130. The van der Waals surface area contributed by atoms with E-state index in [0.717, 1.165) is 27.9 Å². The van der Waals surface area contributed by atoms with Crippen LogP contribution in [0.1, 0.15) is 0 Å². The minimum absolute atomic E-state index is 0.334. The van der Waals surface area contributed by atoms with Gasteiger partial charge in [-0.15, -0.1) is 0 Å². The molecular weight excluding hydrogens is 346 g/mol. The lowest BCUT2D eigenvalue weighted by Crippen LogP contribution is -2.08. The van der Waals surface area contributed by atoms with Crippen LogP contribution in [-0.4, -0.2) is 14.1 Å². The average Bonchev–Trinajstić information content (AvgIpc) is 2.74. The van der Waals surface area contributed by atoms with Crippen molar-refractivity contribution in [2.24, 2.45) is 0 Å². The molecule has 0 aliphatic rings. The summed E-state index contributed by atoms with van der Waals surface area (Å²) in [5, 5.41) is 0. The summed E-state index contributed by atoms with van der Waals surface area (Å²) in [6, 6.07) is 29.6. The third-order valence-corrected chi connectivity index (χ3v) is 4.77. The minimum Gasteiger partial charge on any atom is -0.422 e. The number of rotatable bonds is 4. The van der Waals surface area contributed by atoms with E-state index in [1.54, 1.807) is 0 Å². The monoisotopic (exact) mass is 367 g/mol. The van der Waals surface area contributed by atoms with Crippen LogP contribution in [0, 0.1) is 0 Å². The summed E-state index contributed by atoms with van der Waals surface area (Å²) in [5.74, 6) is 0.564. The quantitative estimate of drug-likeness (QED) is 0.463. The van der Waals surface area contributed by atoms with Crippen molar-refractivity contribution in [2.45, 2.75) is 0 Å². The Morgan fingerprint density at radius 1 is 0.679 bits per heavy atom. The van der Waals surface area contributed by atoms with Gasteiger partial charge in [-0.2, -0.15) is 0 Å². The first kappa shape index (κ1) is 17.8. The van der Waals surface area contributed by atoms with E-state index in [-0.39, 0.29) is 5.63 Å². The Hall–Kier alpha value is -3.59. The predicted octanol–water partition coefficient (Wildman–Crippen LogP) is 5.71. The molecule has 0 atom stereocenters. The second kappa shape index (κ2) is 7.57. The normalized spacial score (nSPS) is 10.6. The molecule has 0 aliphatic carbocycles. The Kier molecular flexibility index (Phi) is 4.81. The van der Waals surface area contributed by atoms with E-state index in [1.807, 2.05) is 110 Å². The highest BCUT2D eigenvalue weighted by Crippen LogP contribution is 2.33. The molecule has 138 valence electrons. The summed E-state index contributed by atoms with van der Waals surface area (Å²) < 4.78 is 5.74.